The summed E-state index contributed by atoms with van der Waals surface area (Å²) in [6.45, 7) is 9.56. The van der Waals surface area contributed by atoms with Crippen LogP contribution in [-0.2, 0) is 11.2 Å². The molecule has 0 bridgehead atoms. The van der Waals surface area contributed by atoms with Gasteiger partial charge in [-0.3, -0.25) is 4.79 Å². The molecule has 0 saturated carbocycles. The summed E-state index contributed by atoms with van der Waals surface area (Å²) in [7, 11) is 0. The molecule has 1 aromatic rings. The maximum atomic E-state index is 11.1. The van der Waals surface area contributed by atoms with Gasteiger partial charge in [0.05, 0.1) is 0 Å². The molecule has 0 spiro atoms. The third-order valence-corrected chi connectivity index (χ3v) is 3.41. The summed E-state index contributed by atoms with van der Waals surface area (Å²) in [5.41, 5.74) is 3.01. The van der Waals surface area contributed by atoms with Crippen LogP contribution in [0.15, 0.2) is 6.07 Å². The summed E-state index contributed by atoms with van der Waals surface area (Å²) in [5.74, 6) is 1.33. The van der Waals surface area contributed by atoms with E-state index in [-0.39, 0.29) is 11.6 Å². The van der Waals surface area contributed by atoms with Gasteiger partial charge in [-0.05, 0) is 57.7 Å². The smallest absolute Gasteiger partial charge is 0.308 e. The summed E-state index contributed by atoms with van der Waals surface area (Å²) in [4.78, 5) is 11.1. The molecule has 0 N–H and O–H groups in total. The molecule has 0 fully saturated rings. The quantitative estimate of drug-likeness (QED) is 0.565. The molecule has 0 radical (unpaired) electrons. The zero-order valence-corrected chi connectivity index (χ0v) is 11.7. The lowest BCUT2D eigenvalue weighted by Gasteiger charge is -2.34. The standard InChI is InChI=1S/C15H20O3/c1-9-8-13-12(6-7-15(4,5)18-13)10(2)14(9)17-11(3)16/h8H,6-7H2,1-5H3. The SMILES string of the molecule is CC(=O)Oc1c(C)cc2c(c1C)CCC(C)(C)O2. The Labute approximate surface area is 108 Å². The number of aryl methyl sites for hydroxylation is 1. The fourth-order valence-corrected chi connectivity index (χ4v) is 2.44. The molecule has 0 atom stereocenters. The summed E-state index contributed by atoms with van der Waals surface area (Å²) in [6, 6.07) is 1.97. The van der Waals surface area contributed by atoms with E-state index in [1.54, 1.807) is 0 Å². The number of benzene rings is 1. The lowest BCUT2D eigenvalue weighted by molar-refractivity contribution is -0.132. The van der Waals surface area contributed by atoms with Gasteiger partial charge in [-0.1, -0.05) is 0 Å². The normalized spacial score (nSPS) is 16.7. The average molecular weight is 248 g/mol. The van der Waals surface area contributed by atoms with Crippen LogP contribution in [0.3, 0.4) is 0 Å². The first-order valence-electron chi connectivity index (χ1n) is 6.31. The lowest BCUT2D eigenvalue weighted by Crippen LogP contribution is -2.33. The van der Waals surface area contributed by atoms with E-state index in [2.05, 4.69) is 13.8 Å². The Morgan fingerprint density at radius 1 is 1.39 bits per heavy atom. The molecule has 1 aliphatic rings. The summed E-state index contributed by atoms with van der Waals surface area (Å²) in [5, 5.41) is 0. The zero-order chi connectivity index (χ0) is 13.5. The fraction of sp³-hybridized carbons (Fsp3) is 0.533. The second-order valence-electron chi connectivity index (χ2n) is 5.58. The maximum Gasteiger partial charge on any atom is 0.308 e. The first-order chi connectivity index (χ1) is 8.30. The minimum Gasteiger partial charge on any atom is -0.488 e. The highest BCUT2D eigenvalue weighted by Crippen LogP contribution is 2.40. The second kappa shape index (κ2) is 4.30. The van der Waals surface area contributed by atoms with Crippen LogP contribution < -0.4 is 9.47 Å². The number of fused-ring (bicyclic) bond motifs is 1. The van der Waals surface area contributed by atoms with Crippen molar-refractivity contribution in [3.63, 3.8) is 0 Å². The first-order valence-corrected chi connectivity index (χ1v) is 6.31. The Hall–Kier alpha value is -1.51. The number of hydrogen-bond donors (Lipinski definition) is 0. The van der Waals surface area contributed by atoms with Crippen molar-refractivity contribution >= 4 is 5.97 Å². The first kappa shape index (κ1) is 12.9. The third-order valence-electron chi connectivity index (χ3n) is 3.41. The second-order valence-corrected chi connectivity index (χ2v) is 5.58. The minimum absolute atomic E-state index is 0.116. The number of rotatable bonds is 1. The van der Waals surface area contributed by atoms with Crippen LogP contribution in [0.2, 0.25) is 0 Å². The molecule has 2 rings (SSSR count). The van der Waals surface area contributed by atoms with E-state index in [1.165, 1.54) is 6.92 Å². The van der Waals surface area contributed by atoms with E-state index in [0.717, 1.165) is 35.3 Å². The van der Waals surface area contributed by atoms with Gasteiger partial charge in [0, 0.05) is 12.5 Å². The Balaban J connectivity index is 2.48. The van der Waals surface area contributed by atoms with E-state index >= 15 is 0 Å². The van der Waals surface area contributed by atoms with Crippen molar-refractivity contribution in [3.8, 4) is 11.5 Å². The average Bonchev–Trinajstić information content (AvgIpc) is 2.22. The highest BCUT2D eigenvalue weighted by Gasteiger charge is 2.29. The Morgan fingerprint density at radius 2 is 2.06 bits per heavy atom. The summed E-state index contributed by atoms with van der Waals surface area (Å²) < 4.78 is 11.3. The minimum atomic E-state index is -0.279. The molecular formula is C15H20O3. The van der Waals surface area contributed by atoms with Crippen LogP contribution in [0.4, 0.5) is 0 Å². The van der Waals surface area contributed by atoms with E-state index in [0.29, 0.717) is 5.75 Å². The summed E-state index contributed by atoms with van der Waals surface area (Å²) >= 11 is 0. The van der Waals surface area contributed by atoms with Crippen molar-refractivity contribution in [1.82, 2.24) is 0 Å². The van der Waals surface area contributed by atoms with Crippen molar-refractivity contribution in [2.45, 2.75) is 53.1 Å². The molecule has 3 heteroatoms. The van der Waals surface area contributed by atoms with Crippen LogP contribution in [0.1, 0.15) is 43.9 Å². The van der Waals surface area contributed by atoms with Gasteiger partial charge in [-0.15, -0.1) is 0 Å². The zero-order valence-electron chi connectivity index (χ0n) is 11.7. The van der Waals surface area contributed by atoms with Crippen LogP contribution in [0.5, 0.6) is 11.5 Å². The molecule has 3 nitrogen and oxygen atoms in total. The Bertz CT molecular complexity index is 501. The molecule has 0 aromatic heterocycles. The largest absolute Gasteiger partial charge is 0.488 e. The predicted octanol–water partition coefficient (Wildman–Crippen LogP) is 3.33. The van der Waals surface area contributed by atoms with Gasteiger partial charge in [0.15, 0.2) is 0 Å². The molecule has 0 unspecified atom stereocenters. The van der Waals surface area contributed by atoms with Gasteiger partial charge in [0.2, 0.25) is 0 Å². The topological polar surface area (TPSA) is 35.5 Å². The molecule has 1 aromatic carbocycles. The molecule has 18 heavy (non-hydrogen) atoms. The van der Waals surface area contributed by atoms with Crippen molar-refractivity contribution in [2.24, 2.45) is 0 Å². The molecule has 1 aliphatic heterocycles. The van der Waals surface area contributed by atoms with E-state index in [4.69, 9.17) is 9.47 Å². The predicted molar refractivity (Wildman–Crippen MR) is 70.3 cm³/mol. The van der Waals surface area contributed by atoms with Gasteiger partial charge < -0.3 is 9.47 Å². The Kier molecular flexibility index (Phi) is 3.09. The number of carbonyl (C=O) groups is 1. The van der Waals surface area contributed by atoms with E-state index < -0.39 is 0 Å². The fourth-order valence-electron chi connectivity index (χ4n) is 2.44. The van der Waals surface area contributed by atoms with Crippen LogP contribution in [0.25, 0.3) is 0 Å². The van der Waals surface area contributed by atoms with Crippen molar-refractivity contribution in [3.05, 3.63) is 22.8 Å². The number of hydrogen-bond acceptors (Lipinski definition) is 3. The number of ether oxygens (including phenoxy) is 2. The van der Waals surface area contributed by atoms with Crippen molar-refractivity contribution in [2.75, 3.05) is 0 Å². The highest BCUT2D eigenvalue weighted by atomic mass is 16.5. The Morgan fingerprint density at radius 3 is 2.67 bits per heavy atom. The van der Waals surface area contributed by atoms with Crippen molar-refractivity contribution in [1.29, 1.82) is 0 Å². The van der Waals surface area contributed by atoms with Gasteiger partial charge in [-0.2, -0.15) is 0 Å². The van der Waals surface area contributed by atoms with Crippen molar-refractivity contribution < 1.29 is 14.3 Å². The number of esters is 1. The molecule has 0 aliphatic carbocycles. The maximum absolute atomic E-state index is 11.1. The number of carbonyl (C=O) groups excluding carboxylic acids is 1. The summed E-state index contributed by atoms with van der Waals surface area (Å²) in [6.07, 6.45) is 1.94. The van der Waals surface area contributed by atoms with Crippen LogP contribution >= 0.6 is 0 Å². The third kappa shape index (κ3) is 2.35. The monoisotopic (exact) mass is 248 g/mol. The van der Waals surface area contributed by atoms with Crippen LogP contribution in [-0.4, -0.2) is 11.6 Å². The van der Waals surface area contributed by atoms with E-state index in [1.807, 2.05) is 19.9 Å². The van der Waals surface area contributed by atoms with Gasteiger partial charge in [0.25, 0.3) is 0 Å². The molecule has 1 heterocycles. The highest BCUT2D eigenvalue weighted by molar-refractivity contribution is 5.71. The molecule has 98 valence electrons. The van der Waals surface area contributed by atoms with Crippen LogP contribution in [0, 0.1) is 13.8 Å². The molecule has 0 amide bonds. The molecule has 0 saturated heterocycles. The lowest BCUT2D eigenvalue weighted by atomic mass is 9.90. The van der Waals surface area contributed by atoms with Gasteiger partial charge >= 0.3 is 5.97 Å². The molecular weight excluding hydrogens is 228 g/mol. The van der Waals surface area contributed by atoms with Gasteiger partial charge in [0.1, 0.15) is 17.1 Å². The van der Waals surface area contributed by atoms with Gasteiger partial charge in [-0.25, -0.2) is 0 Å². The van der Waals surface area contributed by atoms with E-state index in [9.17, 15) is 4.79 Å².